The van der Waals surface area contributed by atoms with E-state index in [-0.39, 0.29) is 5.78 Å². The number of rotatable bonds is 1. The molecule has 1 aromatic heterocycles. The van der Waals surface area contributed by atoms with Crippen molar-refractivity contribution in [3.05, 3.63) is 21.7 Å². The quantitative estimate of drug-likeness (QED) is 0.716. The van der Waals surface area contributed by atoms with E-state index in [2.05, 4.69) is 9.97 Å². The fourth-order valence-electron chi connectivity index (χ4n) is 2.05. The van der Waals surface area contributed by atoms with Gasteiger partial charge in [0.25, 0.3) is 0 Å². The third-order valence-electron chi connectivity index (χ3n) is 2.88. The summed E-state index contributed by atoms with van der Waals surface area (Å²) >= 11 is 5.05. The molecule has 0 atom stereocenters. The summed E-state index contributed by atoms with van der Waals surface area (Å²) < 4.78 is 0.528. The summed E-state index contributed by atoms with van der Waals surface area (Å²) in [5.41, 5.74) is 2.82. The van der Waals surface area contributed by atoms with E-state index in [0.717, 1.165) is 36.2 Å². The van der Waals surface area contributed by atoms with Gasteiger partial charge in [-0.3, -0.25) is 4.79 Å². The first-order valence-corrected chi connectivity index (χ1v) is 5.33. The third-order valence-corrected chi connectivity index (χ3v) is 3.08. The Bertz CT molecular complexity index is 474. The molecule has 0 aromatic carbocycles. The van der Waals surface area contributed by atoms with Crippen LogP contribution >= 0.6 is 12.2 Å². The Hall–Kier alpha value is -1.03. The lowest BCUT2D eigenvalue weighted by Crippen LogP contribution is -2.03. The van der Waals surface area contributed by atoms with Gasteiger partial charge in [-0.25, -0.2) is 4.98 Å². The normalized spacial score (nSPS) is 19.9. The number of aryl methyl sites for hydroxylation is 1. The monoisotopic (exact) mass is 206 g/mol. The van der Waals surface area contributed by atoms with Crippen molar-refractivity contribution >= 4 is 18.0 Å². The lowest BCUT2D eigenvalue weighted by Gasteiger charge is -2.04. The minimum Gasteiger partial charge on any atom is -0.334 e. The highest BCUT2D eigenvalue weighted by molar-refractivity contribution is 7.71. The van der Waals surface area contributed by atoms with Gasteiger partial charge in [-0.15, -0.1) is 0 Å². The van der Waals surface area contributed by atoms with Gasteiger partial charge in [-0.05, 0) is 31.5 Å². The minimum absolute atomic E-state index is 0.237. The predicted octanol–water partition coefficient (Wildman–Crippen LogP) is 2.15. The van der Waals surface area contributed by atoms with E-state index in [1.807, 2.05) is 0 Å². The van der Waals surface area contributed by atoms with Crippen LogP contribution in [0.5, 0.6) is 0 Å². The molecule has 1 N–H and O–H groups in total. The molecule has 1 saturated carbocycles. The van der Waals surface area contributed by atoms with Crippen LogP contribution in [0.3, 0.4) is 0 Å². The van der Waals surface area contributed by atoms with Crippen molar-refractivity contribution in [2.75, 3.05) is 0 Å². The number of fused-ring (bicyclic) bond motifs is 1. The smallest absolute Gasteiger partial charge is 0.197 e. The maximum absolute atomic E-state index is 11.6. The van der Waals surface area contributed by atoms with Crippen molar-refractivity contribution in [2.24, 2.45) is 0 Å². The first-order valence-electron chi connectivity index (χ1n) is 4.92. The summed E-state index contributed by atoms with van der Waals surface area (Å²) in [6.45, 7) is 0. The molecule has 1 fully saturated rings. The van der Waals surface area contributed by atoms with Gasteiger partial charge in [-0.2, -0.15) is 0 Å². The Kier molecular flexibility index (Phi) is 1.62. The summed E-state index contributed by atoms with van der Waals surface area (Å²) in [4.78, 5) is 19.0. The van der Waals surface area contributed by atoms with Crippen LogP contribution in [0.15, 0.2) is 0 Å². The maximum atomic E-state index is 11.6. The number of H-pyrrole nitrogens is 1. The molecule has 72 valence electrons. The average Bonchev–Trinajstić information content (AvgIpc) is 2.92. The zero-order valence-corrected chi connectivity index (χ0v) is 8.49. The van der Waals surface area contributed by atoms with Crippen LogP contribution in [-0.4, -0.2) is 15.8 Å². The molecule has 0 bridgehead atoms. The van der Waals surface area contributed by atoms with Crippen LogP contribution in [0.2, 0.25) is 0 Å². The zero-order valence-electron chi connectivity index (χ0n) is 7.67. The Morgan fingerprint density at radius 2 is 2.14 bits per heavy atom. The molecule has 3 nitrogen and oxygen atoms in total. The SMILES string of the molecule is O=C1CCc2[nH]c(=S)nc(C3CC3)c21. The van der Waals surface area contributed by atoms with Crippen molar-refractivity contribution in [2.45, 2.75) is 31.6 Å². The van der Waals surface area contributed by atoms with E-state index in [1.165, 1.54) is 0 Å². The molecule has 3 rings (SSSR count). The number of carbonyl (C=O) groups is 1. The minimum atomic E-state index is 0.237. The Labute approximate surface area is 86.6 Å². The van der Waals surface area contributed by atoms with Crippen LogP contribution in [0, 0.1) is 4.77 Å². The molecule has 0 unspecified atom stereocenters. The average molecular weight is 206 g/mol. The molecular formula is C10H10N2OS. The number of aromatic amines is 1. The Morgan fingerprint density at radius 3 is 2.86 bits per heavy atom. The Balaban J connectivity index is 2.27. The topological polar surface area (TPSA) is 45.8 Å². The third kappa shape index (κ3) is 1.14. The zero-order chi connectivity index (χ0) is 9.71. The summed E-state index contributed by atoms with van der Waals surface area (Å²) in [6.07, 6.45) is 3.74. The van der Waals surface area contributed by atoms with Crippen molar-refractivity contribution in [1.29, 1.82) is 0 Å². The molecule has 0 radical (unpaired) electrons. The molecular weight excluding hydrogens is 196 g/mol. The summed E-state index contributed by atoms with van der Waals surface area (Å²) in [5.74, 6) is 0.739. The van der Waals surface area contributed by atoms with Crippen molar-refractivity contribution in [1.82, 2.24) is 9.97 Å². The van der Waals surface area contributed by atoms with E-state index >= 15 is 0 Å². The fourth-order valence-corrected chi connectivity index (χ4v) is 2.28. The summed E-state index contributed by atoms with van der Waals surface area (Å²) in [7, 11) is 0. The van der Waals surface area contributed by atoms with E-state index in [4.69, 9.17) is 12.2 Å². The molecule has 0 saturated heterocycles. The molecule has 4 heteroatoms. The largest absolute Gasteiger partial charge is 0.334 e. The summed E-state index contributed by atoms with van der Waals surface area (Å²) in [6, 6.07) is 0. The highest BCUT2D eigenvalue weighted by Crippen LogP contribution is 2.42. The molecule has 2 aliphatic carbocycles. The molecule has 0 amide bonds. The van der Waals surface area contributed by atoms with E-state index in [0.29, 0.717) is 17.1 Å². The van der Waals surface area contributed by atoms with Gasteiger partial charge in [0, 0.05) is 18.0 Å². The molecule has 2 aliphatic rings. The molecule has 1 heterocycles. The maximum Gasteiger partial charge on any atom is 0.197 e. The second-order valence-electron chi connectivity index (χ2n) is 3.98. The second kappa shape index (κ2) is 2.73. The lowest BCUT2D eigenvalue weighted by atomic mass is 10.1. The van der Waals surface area contributed by atoms with Gasteiger partial charge in [0.15, 0.2) is 10.6 Å². The van der Waals surface area contributed by atoms with Gasteiger partial charge < -0.3 is 4.98 Å². The predicted molar refractivity (Wildman–Crippen MR) is 54.0 cm³/mol. The molecule has 14 heavy (non-hydrogen) atoms. The van der Waals surface area contributed by atoms with Crippen LogP contribution in [-0.2, 0) is 6.42 Å². The van der Waals surface area contributed by atoms with Gasteiger partial charge >= 0.3 is 0 Å². The molecule has 1 aromatic rings. The fraction of sp³-hybridized carbons (Fsp3) is 0.500. The van der Waals surface area contributed by atoms with Gasteiger partial charge in [0.05, 0.1) is 11.3 Å². The van der Waals surface area contributed by atoms with Crippen LogP contribution < -0.4 is 0 Å². The first kappa shape index (κ1) is 8.29. The van der Waals surface area contributed by atoms with Crippen LogP contribution in [0.25, 0.3) is 0 Å². The van der Waals surface area contributed by atoms with Crippen LogP contribution in [0.4, 0.5) is 0 Å². The second-order valence-corrected chi connectivity index (χ2v) is 4.36. The van der Waals surface area contributed by atoms with E-state index in [1.54, 1.807) is 0 Å². The number of nitrogens with one attached hydrogen (secondary N) is 1. The number of carbonyl (C=O) groups excluding carboxylic acids is 1. The van der Waals surface area contributed by atoms with Gasteiger partial charge in [0.2, 0.25) is 0 Å². The van der Waals surface area contributed by atoms with Crippen molar-refractivity contribution in [3.63, 3.8) is 0 Å². The van der Waals surface area contributed by atoms with Crippen LogP contribution in [0.1, 0.15) is 46.9 Å². The lowest BCUT2D eigenvalue weighted by molar-refractivity contribution is 0.0993. The first-order chi connectivity index (χ1) is 6.75. The Morgan fingerprint density at radius 1 is 1.36 bits per heavy atom. The molecule has 0 spiro atoms. The number of Topliss-reactive ketones (excluding diaryl/α,β-unsaturated/α-hetero) is 1. The highest BCUT2D eigenvalue weighted by Gasteiger charge is 2.33. The summed E-state index contributed by atoms with van der Waals surface area (Å²) in [5, 5.41) is 0. The number of ketones is 1. The van der Waals surface area contributed by atoms with E-state index in [9.17, 15) is 4.79 Å². The standard InChI is InChI=1S/C10H10N2OS/c13-7-4-3-6-8(7)9(5-1-2-5)12-10(14)11-6/h5H,1-4H2,(H,11,12,14). The molecule has 0 aliphatic heterocycles. The number of hydrogen-bond donors (Lipinski definition) is 1. The van der Waals surface area contributed by atoms with Crippen molar-refractivity contribution in [3.8, 4) is 0 Å². The van der Waals surface area contributed by atoms with Gasteiger partial charge in [-0.1, -0.05) is 0 Å². The van der Waals surface area contributed by atoms with E-state index < -0.39 is 0 Å². The number of nitrogens with zero attached hydrogens (tertiary/aromatic N) is 1. The van der Waals surface area contributed by atoms with Gasteiger partial charge in [0.1, 0.15) is 0 Å². The number of hydrogen-bond acceptors (Lipinski definition) is 3. The van der Waals surface area contributed by atoms with Crippen molar-refractivity contribution < 1.29 is 4.79 Å². The number of aromatic nitrogens is 2. The highest BCUT2D eigenvalue weighted by atomic mass is 32.1.